The molecule has 6 nitrogen and oxygen atoms in total. The Hall–Kier alpha value is -3.15. The molecule has 1 aliphatic rings. The summed E-state index contributed by atoms with van der Waals surface area (Å²) < 4.78 is 2.03. The van der Waals surface area contributed by atoms with Gasteiger partial charge >= 0.3 is 0 Å². The molecule has 132 valence electrons. The Morgan fingerprint density at radius 2 is 1.96 bits per heavy atom. The minimum Gasteiger partial charge on any atom is -0.387 e. The fourth-order valence-corrected chi connectivity index (χ4v) is 3.15. The molecular formula is C20H20N4O2. The van der Waals surface area contributed by atoms with Crippen LogP contribution in [-0.4, -0.2) is 21.2 Å². The SMILES string of the molecule is CCCn1c(NC(=O)C2=NOC(c3ccccc3)C2)nc2ccccc21. The average molecular weight is 348 g/mol. The van der Waals surface area contributed by atoms with E-state index in [0.717, 1.165) is 29.6 Å². The zero-order valence-electron chi connectivity index (χ0n) is 14.6. The molecule has 0 radical (unpaired) electrons. The van der Waals surface area contributed by atoms with E-state index in [0.29, 0.717) is 18.1 Å². The van der Waals surface area contributed by atoms with Gasteiger partial charge in [-0.25, -0.2) is 4.98 Å². The molecule has 6 heteroatoms. The Labute approximate surface area is 151 Å². The summed E-state index contributed by atoms with van der Waals surface area (Å²) in [6.07, 6.45) is 1.18. The molecule has 3 aromatic rings. The van der Waals surface area contributed by atoms with E-state index in [9.17, 15) is 4.79 Å². The van der Waals surface area contributed by atoms with Crippen LogP contribution in [0.2, 0.25) is 0 Å². The molecule has 2 heterocycles. The highest BCUT2D eigenvalue weighted by Gasteiger charge is 2.28. The maximum Gasteiger partial charge on any atom is 0.275 e. The summed E-state index contributed by atoms with van der Waals surface area (Å²) in [5, 5.41) is 6.89. The van der Waals surface area contributed by atoms with Crippen molar-refractivity contribution in [3.8, 4) is 0 Å². The molecule has 0 aliphatic carbocycles. The lowest BCUT2D eigenvalue weighted by Gasteiger charge is -2.09. The largest absolute Gasteiger partial charge is 0.387 e. The normalized spacial score (nSPS) is 16.3. The first-order valence-corrected chi connectivity index (χ1v) is 8.80. The van der Waals surface area contributed by atoms with E-state index in [1.165, 1.54) is 0 Å². The summed E-state index contributed by atoms with van der Waals surface area (Å²) in [7, 11) is 0. The Morgan fingerprint density at radius 1 is 1.19 bits per heavy atom. The summed E-state index contributed by atoms with van der Waals surface area (Å²) >= 11 is 0. The molecular weight excluding hydrogens is 328 g/mol. The number of para-hydroxylation sites is 2. The highest BCUT2D eigenvalue weighted by molar-refractivity contribution is 6.43. The smallest absolute Gasteiger partial charge is 0.275 e. The van der Waals surface area contributed by atoms with Gasteiger partial charge in [-0.15, -0.1) is 0 Å². The van der Waals surface area contributed by atoms with Crippen molar-refractivity contribution in [3.63, 3.8) is 0 Å². The van der Waals surface area contributed by atoms with Crippen molar-refractivity contribution in [3.05, 3.63) is 60.2 Å². The van der Waals surface area contributed by atoms with E-state index in [-0.39, 0.29) is 12.0 Å². The summed E-state index contributed by atoms with van der Waals surface area (Å²) in [6, 6.07) is 17.7. The van der Waals surface area contributed by atoms with Crippen molar-refractivity contribution in [1.29, 1.82) is 0 Å². The van der Waals surface area contributed by atoms with Crippen LogP contribution in [0, 0.1) is 0 Å². The lowest BCUT2D eigenvalue weighted by atomic mass is 10.0. The quantitative estimate of drug-likeness (QED) is 0.760. The van der Waals surface area contributed by atoms with E-state index in [2.05, 4.69) is 22.4 Å². The maximum absolute atomic E-state index is 12.6. The molecule has 1 N–H and O–H groups in total. The molecule has 0 saturated carbocycles. The molecule has 1 unspecified atom stereocenters. The molecule has 0 saturated heterocycles. The van der Waals surface area contributed by atoms with Gasteiger partial charge < -0.3 is 9.40 Å². The van der Waals surface area contributed by atoms with E-state index in [1.807, 2.05) is 59.2 Å². The number of imidazole rings is 1. The number of nitrogens with one attached hydrogen (secondary N) is 1. The molecule has 1 aromatic heterocycles. The van der Waals surface area contributed by atoms with Gasteiger partial charge in [0.15, 0.2) is 6.10 Å². The molecule has 0 spiro atoms. The monoisotopic (exact) mass is 348 g/mol. The number of hydrogen-bond donors (Lipinski definition) is 1. The number of benzene rings is 2. The Balaban J connectivity index is 1.52. The summed E-state index contributed by atoms with van der Waals surface area (Å²) in [4.78, 5) is 22.7. The van der Waals surface area contributed by atoms with Crippen LogP contribution in [0.25, 0.3) is 11.0 Å². The van der Waals surface area contributed by atoms with Crippen molar-refractivity contribution in [2.75, 3.05) is 5.32 Å². The van der Waals surface area contributed by atoms with Crippen molar-refractivity contribution < 1.29 is 9.63 Å². The van der Waals surface area contributed by atoms with Gasteiger partial charge in [0.2, 0.25) is 5.95 Å². The Bertz CT molecular complexity index is 962. The lowest BCUT2D eigenvalue weighted by Crippen LogP contribution is -2.24. The predicted octanol–water partition coefficient (Wildman–Crippen LogP) is 3.90. The van der Waals surface area contributed by atoms with Crippen LogP contribution < -0.4 is 5.32 Å². The molecule has 0 bridgehead atoms. The number of aromatic nitrogens is 2. The number of oxime groups is 1. The summed E-state index contributed by atoms with van der Waals surface area (Å²) in [6.45, 7) is 2.88. The highest BCUT2D eigenvalue weighted by atomic mass is 16.6. The molecule has 0 fully saturated rings. The lowest BCUT2D eigenvalue weighted by molar-refractivity contribution is -0.110. The number of carbonyl (C=O) groups excluding carboxylic acids is 1. The molecule has 1 aliphatic heterocycles. The topological polar surface area (TPSA) is 68.5 Å². The molecule has 2 aromatic carbocycles. The second-order valence-corrected chi connectivity index (χ2v) is 6.28. The fraction of sp³-hybridized carbons (Fsp3) is 0.250. The van der Waals surface area contributed by atoms with E-state index < -0.39 is 0 Å². The van der Waals surface area contributed by atoms with Gasteiger partial charge in [0, 0.05) is 13.0 Å². The third-order valence-corrected chi connectivity index (χ3v) is 4.43. The van der Waals surface area contributed by atoms with Crippen molar-refractivity contribution in [2.45, 2.75) is 32.4 Å². The van der Waals surface area contributed by atoms with Gasteiger partial charge in [0.1, 0.15) is 5.71 Å². The van der Waals surface area contributed by atoms with Crippen LogP contribution in [0.15, 0.2) is 59.8 Å². The van der Waals surface area contributed by atoms with Gasteiger partial charge in [-0.05, 0) is 24.1 Å². The zero-order chi connectivity index (χ0) is 17.9. The molecule has 1 atom stereocenters. The third-order valence-electron chi connectivity index (χ3n) is 4.43. The number of nitrogens with zero attached hydrogens (tertiary/aromatic N) is 3. The van der Waals surface area contributed by atoms with Crippen LogP contribution in [0.5, 0.6) is 0 Å². The van der Waals surface area contributed by atoms with Crippen molar-refractivity contribution in [1.82, 2.24) is 9.55 Å². The zero-order valence-corrected chi connectivity index (χ0v) is 14.6. The number of rotatable bonds is 5. The molecule has 26 heavy (non-hydrogen) atoms. The number of amides is 1. The highest BCUT2D eigenvalue weighted by Crippen LogP contribution is 2.27. The van der Waals surface area contributed by atoms with Gasteiger partial charge in [0.05, 0.1) is 11.0 Å². The summed E-state index contributed by atoms with van der Waals surface area (Å²) in [5.41, 5.74) is 3.27. The standard InChI is InChI=1S/C20H20N4O2/c1-2-12-24-17-11-7-6-10-15(17)21-20(24)22-19(25)16-13-18(26-23-16)14-8-4-3-5-9-14/h3-11,18H,2,12-13H2,1H3,(H,21,22,25). The Morgan fingerprint density at radius 3 is 2.77 bits per heavy atom. The van der Waals surface area contributed by atoms with E-state index >= 15 is 0 Å². The second-order valence-electron chi connectivity index (χ2n) is 6.28. The van der Waals surface area contributed by atoms with Gasteiger partial charge in [0.25, 0.3) is 5.91 Å². The summed E-state index contributed by atoms with van der Waals surface area (Å²) in [5.74, 6) is 0.278. The predicted molar refractivity (Wildman–Crippen MR) is 101 cm³/mol. The maximum atomic E-state index is 12.6. The number of carbonyl (C=O) groups is 1. The van der Waals surface area contributed by atoms with Crippen LogP contribution >= 0.6 is 0 Å². The average Bonchev–Trinajstić information content (AvgIpc) is 3.29. The van der Waals surface area contributed by atoms with Crippen LogP contribution in [-0.2, 0) is 16.2 Å². The Kier molecular flexibility index (Phi) is 4.39. The van der Waals surface area contributed by atoms with Crippen LogP contribution in [0.4, 0.5) is 5.95 Å². The third kappa shape index (κ3) is 3.06. The molecule has 1 amide bonds. The number of anilines is 1. The van der Waals surface area contributed by atoms with E-state index in [1.54, 1.807) is 0 Å². The van der Waals surface area contributed by atoms with Crippen molar-refractivity contribution in [2.24, 2.45) is 5.16 Å². The van der Waals surface area contributed by atoms with Crippen LogP contribution in [0.1, 0.15) is 31.4 Å². The van der Waals surface area contributed by atoms with Gasteiger partial charge in [-0.1, -0.05) is 54.5 Å². The van der Waals surface area contributed by atoms with Crippen molar-refractivity contribution >= 4 is 28.6 Å². The minimum absolute atomic E-state index is 0.216. The minimum atomic E-state index is -0.268. The number of hydrogen-bond acceptors (Lipinski definition) is 4. The second kappa shape index (κ2) is 7.00. The van der Waals surface area contributed by atoms with E-state index in [4.69, 9.17) is 4.84 Å². The first-order valence-electron chi connectivity index (χ1n) is 8.80. The first-order chi connectivity index (χ1) is 12.8. The van der Waals surface area contributed by atoms with Gasteiger partial charge in [-0.3, -0.25) is 10.1 Å². The fourth-order valence-electron chi connectivity index (χ4n) is 3.15. The number of aryl methyl sites for hydroxylation is 1. The van der Waals surface area contributed by atoms with Gasteiger partial charge in [-0.2, -0.15) is 0 Å². The number of fused-ring (bicyclic) bond motifs is 1. The van der Waals surface area contributed by atoms with Crippen LogP contribution in [0.3, 0.4) is 0 Å². The first kappa shape index (κ1) is 16.3. The molecule has 4 rings (SSSR count).